The van der Waals surface area contributed by atoms with E-state index in [1.165, 1.54) is 11.2 Å². The van der Waals surface area contributed by atoms with E-state index in [1.807, 2.05) is 59.8 Å². The molecule has 15 heteroatoms. The number of hydrogen-bond donors (Lipinski definition) is 1. The number of carbonyl (C=O) groups is 3. The van der Waals surface area contributed by atoms with Crippen LogP contribution in [-0.4, -0.2) is 113 Å². The molecule has 2 aromatic heterocycles. The van der Waals surface area contributed by atoms with Crippen LogP contribution in [0.1, 0.15) is 79.6 Å². The Morgan fingerprint density at radius 3 is 2.37 bits per heavy atom. The van der Waals surface area contributed by atoms with E-state index in [0.29, 0.717) is 56.5 Å². The molecule has 1 aliphatic heterocycles. The van der Waals surface area contributed by atoms with Gasteiger partial charge >= 0.3 is 12.1 Å². The van der Waals surface area contributed by atoms with E-state index in [9.17, 15) is 22.8 Å². The number of sulfone groups is 1. The summed E-state index contributed by atoms with van der Waals surface area (Å²) in [5.41, 5.74) is 0.231. The lowest BCUT2D eigenvalue weighted by Crippen LogP contribution is -2.50. The Kier molecular flexibility index (Phi) is 13.1. The molecule has 2 amide bonds. The van der Waals surface area contributed by atoms with Crippen LogP contribution in [0.25, 0.3) is 16.7 Å². The summed E-state index contributed by atoms with van der Waals surface area (Å²) in [6, 6.07) is 8.92. The molecule has 1 aliphatic carbocycles. The first-order valence-electron chi connectivity index (χ1n) is 18.9. The number of nitrogens with one attached hydrogen (secondary N) is 1. The van der Waals surface area contributed by atoms with Gasteiger partial charge < -0.3 is 29.0 Å². The van der Waals surface area contributed by atoms with Crippen LogP contribution in [0.5, 0.6) is 5.75 Å². The van der Waals surface area contributed by atoms with Gasteiger partial charge in [0.2, 0.25) is 11.9 Å². The third-order valence-corrected chi connectivity index (χ3v) is 10.9. The maximum atomic E-state index is 13.5. The molecule has 2 fully saturated rings. The van der Waals surface area contributed by atoms with Gasteiger partial charge in [-0.3, -0.25) is 9.69 Å². The molecule has 0 radical (unpaired) electrons. The number of rotatable bonds is 13. The highest BCUT2D eigenvalue weighted by molar-refractivity contribution is 7.90. The van der Waals surface area contributed by atoms with Crippen LogP contribution < -0.4 is 10.1 Å². The van der Waals surface area contributed by atoms with Gasteiger partial charge in [0.25, 0.3) is 0 Å². The second-order valence-electron chi connectivity index (χ2n) is 15.9. The van der Waals surface area contributed by atoms with Gasteiger partial charge in [0.15, 0.2) is 0 Å². The van der Waals surface area contributed by atoms with Crippen LogP contribution >= 0.6 is 0 Å². The normalized spacial score (nSPS) is 19.0. The second-order valence-corrected chi connectivity index (χ2v) is 18.1. The first-order chi connectivity index (χ1) is 25.5. The van der Waals surface area contributed by atoms with Crippen LogP contribution in [0.4, 0.5) is 10.7 Å². The largest absolute Gasteiger partial charge is 0.493 e. The van der Waals surface area contributed by atoms with Crippen LogP contribution in [0.15, 0.2) is 42.7 Å². The first-order valence-corrected chi connectivity index (χ1v) is 21.0. The highest BCUT2D eigenvalue weighted by Gasteiger charge is 2.37. The lowest BCUT2D eigenvalue weighted by molar-refractivity contribution is -0.159. The Morgan fingerprint density at radius 2 is 1.72 bits per heavy atom. The van der Waals surface area contributed by atoms with E-state index in [1.54, 1.807) is 34.0 Å². The zero-order chi connectivity index (χ0) is 39.2. The smallest absolute Gasteiger partial charge is 0.410 e. The third-order valence-electron chi connectivity index (χ3n) is 9.92. The molecule has 1 aromatic carbocycles. The van der Waals surface area contributed by atoms with E-state index in [4.69, 9.17) is 19.2 Å². The minimum absolute atomic E-state index is 0.0590. The summed E-state index contributed by atoms with van der Waals surface area (Å²) in [6.07, 6.45) is 8.66. The lowest BCUT2D eigenvalue weighted by atomic mass is 9.85. The number of likely N-dealkylation sites (N-methyl/N-ethyl adjacent to an activating group) is 1. The van der Waals surface area contributed by atoms with Crippen molar-refractivity contribution in [1.82, 2.24) is 24.3 Å². The molecule has 0 unspecified atom stereocenters. The summed E-state index contributed by atoms with van der Waals surface area (Å²) < 4.78 is 42.2. The van der Waals surface area contributed by atoms with Gasteiger partial charge in [-0.15, -0.1) is 0 Å². The standard InChI is InChI=1S/C39H56N6O8S/c1-26(2)34(43(6)38(48)53-39(3,4)5)36(47)52-29-17-21-44(22-18-29)35(46)27-12-14-28(15-13-27)41-37-40-20-16-33(42-37)45-23-19-30-31(45)10-8-11-32(30)51-24-9-25-54(7,49)50/h8,10-11,16,19-20,23,26-29,34H,9,12-15,17-18,21-22,24-25H2,1-7H3,(H,40,41,42)/t27?,28?,34-/m1/s1. The zero-order valence-electron chi connectivity index (χ0n) is 32.6. The summed E-state index contributed by atoms with van der Waals surface area (Å²) in [7, 11) is -1.48. The zero-order valence-corrected chi connectivity index (χ0v) is 33.4. The number of aromatic nitrogens is 3. The lowest BCUT2D eigenvalue weighted by Gasteiger charge is -2.37. The average Bonchev–Trinajstić information content (AvgIpc) is 3.54. The molecular weight excluding hydrogens is 713 g/mol. The molecule has 1 saturated carbocycles. The molecule has 3 heterocycles. The summed E-state index contributed by atoms with van der Waals surface area (Å²) in [5.74, 6) is 1.46. The average molecular weight is 769 g/mol. The molecule has 1 N–H and O–H groups in total. The van der Waals surface area contributed by atoms with Crippen LogP contribution in [-0.2, 0) is 28.9 Å². The number of fused-ring (bicyclic) bond motifs is 1. The van der Waals surface area contributed by atoms with Crippen LogP contribution in [0, 0.1) is 11.8 Å². The van der Waals surface area contributed by atoms with Gasteiger partial charge in [0, 0.05) is 69.0 Å². The molecule has 54 heavy (non-hydrogen) atoms. The maximum absolute atomic E-state index is 13.5. The second kappa shape index (κ2) is 17.4. The maximum Gasteiger partial charge on any atom is 0.410 e. The Labute approximate surface area is 318 Å². The molecule has 296 valence electrons. The number of benzene rings is 1. The number of esters is 1. The van der Waals surface area contributed by atoms with Gasteiger partial charge in [-0.1, -0.05) is 19.9 Å². The first kappa shape index (κ1) is 40.8. The fourth-order valence-electron chi connectivity index (χ4n) is 7.20. The summed E-state index contributed by atoms with van der Waals surface area (Å²) in [6.45, 7) is 10.4. The van der Waals surface area contributed by atoms with E-state index in [0.717, 1.165) is 36.6 Å². The van der Waals surface area contributed by atoms with E-state index in [-0.39, 0.29) is 35.6 Å². The van der Waals surface area contributed by atoms with Gasteiger partial charge in [-0.2, -0.15) is 4.98 Å². The number of likely N-dealkylation sites (tertiary alicyclic amines) is 1. The molecular formula is C39H56N6O8S. The Hall–Kier alpha value is -4.40. The van der Waals surface area contributed by atoms with E-state index in [2.05, 4.69) is 10.3 Å². The quantitative estimate of drug-likeness (QED) is 0.169. The Morgan fingerprint density at radius 1 is 1.02 bits per heavy atom. The summed E-state index contributed by atoms with van der Waals surface area (Å²) in [5, 5.41) is 4.38. The SMILES string of the molecule is CC(C)[C@H](C(=O)OC1CCN(C(=O)C2CCC(Nc3nccc(-n4ccc5c(OCCCS(C)(=O)=O)cccc54)n3)CC2)CC1)N(C)C(=O)OC(C)(C)C. The van der Waals surface area contributed by atoms with Crippen molar-refractivity contribution in [2.45, 2.75) is 103 Å². The van der Waals surface area contributed by atoms with Crippen molar-refractivity contribution in [3.63, 3.8) is 0 Å². The number of hydrogen-bond acceptors (Lipinski definition) is 11. The van der Waals surface area contributed by atoms with Crippen molar-refractivity contribution >= 4 is 44.7 Å². The highest BCUT2D eigenvalue weighted by atomic mass is 32.2. The number of nitrogens with zero attached hydrogens (tertiary/aromatic N) is 5. The van der Waals surface area contributed by atoms with E-state index < -0.39 is 33.5 Å². The van der Waals surface area contributed by atoms with Crippen molar-refractivity contribution in [2.24, 2.45) is 11.8 Å². The topological polar surface area (TPSA) is 162 Å². The van der Waals surface area contributed by atoms with Crippen molar-refractivity contribution in [1.29, 1.82) is 0 Å². The number of anilines is 1. The third kappa shape index (κ3) is 10.9. The summed E-state index contributed by atoms with van der Waals surface area (Å²) in [4.78, 5) is 51.9. The van der Waals surface area contributed by atoms with Crippen LogP contribution in [0.2, 0.25) is 0 Å². The summed E-state index contributed by atoms with van der Waals surface area (Å²) >= 11 is 0. The predicted molar refractivity (Wildman–Crippen MR) is 206 cm³/mol. The molecule has 5 rings (SSSR count). The molecule has 3 aromatic rings. The Bertz CT molecular complexity index is 1870. The van der Waals surface area contributed by atoms with Gasteiger partial charge in [0.1, 0.15) is 39.2 Å². The van der Waals surface area contributed by atoms with Crippen molar-refractivity contribution in [3.8, 4) is 11.6 Å². The van der Waals surface area contributed by atoms with Crippen molar-refractivity contribution in [3.05, 3.63) is 42.7 Å². The van der Waals surface area contributed by atoms with Gasteiger partial charge in [-0.25, -0.2) is 23.0 Å². The predicted octanol–water partition coefficient (Wildman–Crippen LogP) is 5.63. The fraction of sp³-hybridized carbons (Fsp3) is 0.615. The van der Waals surface area contributed by atoms with Crippen LogP contribution in [0.3, 0.4) is 0 Å². The minimum atomic E-state index is -3.04. The number of piperidine rings is 1. The van der Waals surface area contributed by atoms with Gasteiger partial charge in [0.05, 0.1) is 17.9 Å². The number of amides is 2. The van der Waals surface area contributed by atoms with Crippen molar-refractivity contribution in [2.75, 3.05) is 44.1 Å². The van der Waals surface area contributed by atoms with E-state index >= 15 is 0 Å². The number of carbonyl (C=O) groups excluding carboxylic acids is 3. The number of ether oxygens (including phenoxy) is 3. The molecule has 2 aliphatic rings. The molecule has 0 bridgehead atoms. The van der Waals surface area contributed by atoms with Gasteiger partial charge in [-0.05, 0) is 83.1 Å². The molecule has 0 spiro atoms. The highest BCUT2D eigenvalue weighted by Crippen LogP contribution is 2.31. The fourth-order valence-corrected chi connectivity index (χ4v) is 7.84. The van der Waals surface area contributed by atoms with Crippen molar-refractivity contribution < 1.29 is 37.0 Å². The Balaban J connectivity index is 1.09. The molecule has 1 saturated heterocycles. The monoisotopic (exact) mass is 768 g/mol. The minimum Gasteiger partial charge on any atom is -0.493 e. The molecule has 1 atom stereocenters. The molecule has 14 nitrogen and oxygen atoms in total.